The molecule has 0 atom stereocenters. The summed E-state index contributed by atoms with van der Waals surface area (Å²) < 4.78 is 0. The van der Waals surface area contributed by atoms with Crippen molar-refractivity contribution >= 4 is 16.6 Å². The highest BCUT2D eigenvalue weighted by molar-refractivity contribution is 5.88. The van der Waals surface area contributed by atoms with Gasteiger partial charge in [0.1, 0.15) is 0 Å². The smallest absolute Gasteiger partial charge is 0.258 e. The van der Waals surface area contributed by atoms with Crippen molar-refractivity contribution in [2.45, 2.75) is 13.8 Å². The molecule has 0 amide bonds. The van der Waals surface area contributed by atoms with Gasteiger partial charge in [-0.2, -0.15) is 0 Å². The molecule has 0 aliphatic heterocycles. The standard InChI is InChI=1S/C17H14N2O2/c1-11-9-12(2)18-16-8-7-13(10-15(11)16)14-5-3-4-6-17(14)19(20)21/h3-10H,1-2H3. The molecule has 0 aliphatic rings. The van der Waals surface area contributed by atoms with Crippen LogP contribution in [0.4, 0.5) is 5.69 Å². The SMILES string of the molecule is Cc1cc(C)c2cc(-c3ccccc3[N+](=O)[O-])ccc2n1. The summed E-state index contributed by atoms with van der Waals surface area (Å²) >= 11 is 0. The van der Waals surface area contributed by atoms with E-state index in [1.165, 1.54) is 6.07 Å². The minimum Gasteiger partial charge on any atom is -0.258 e. The zero-order valence-corrected chi connectivity index (χ0v) is 11.8. The minimum atomic E-state index is -0.347. The fourth-order valence-corrected chi connectivity index (χ4v) is 2.61. The summed E-state index contributed by atoms with van der Waals surface area (Å²) in [5, 5.41) is 12.2. The number of para-hydroxylation sites is 1. The second-order valence-electron chi connectivity index (χ2n) is 5.09. The van der Waals surface area contributed by atoms with E-state index >= 15 is 0 Å². The van der Waals surface area contributed by atoms with Crippen LogP contribution in [0.2, 0.25) is 0 Å². The highest BCUT2D eigenvalue weighted by Gasteiger charge is 2.14. The number of pyridine rings is 1. The maximum Gasteiger partial charge on any atom is 0.277 e. The van der Waals surface area contributed by atoms with Gasteiger partial charge in [0.2, 0.25) is 0 Å². The first-order valence-electron chi connectivity index (χ1n) is 6.68. The highest BCUT2D eigenvalue weighted by atomic mass is 16.6. The molecular formula is C17H14N2O2. The van der Waals surface area contributed by atoms with Crippen LogP contribution in [-0.4, -0.2) is 9.91 Å². The number of hydrogen-bond acceptors (Lipinski definition) is 3. The lowest BCUT2D eigenvalue weighted by molar-refractivity contribution is -0.384. The Bertz CT molecular complexity index is 857. The molecule has 4 heteroatoms. The van der Waals surface area contributed by atoms with Crippen LogP contribution in [0.1, 0.15) is 11.3 Å². The van der Waals surface area contributed by atoms with Crippen molar-refractivity contribution in [1.29, 1.82) is 0 Å². The van der Waals surface area contributed by atoms with Gasteiger partial charge in [0.15, 0.2) is 0 Å². The molecule has 4 nitrogen and oxygen atoms in total. The third-order valence-corrected chi connectivity index (χ3v) is 3.56. The number of hydrogen-bond donors (Lipinski definition) is 0. The topological polar surface area (TPSA) is 56.0 Å². The van der Waals surface area contributed by atoms with Crippen LogP contribution in [0.3, 0.4) is 0 Å². The van der Waals surface area contributed by atoms with Crippen molar-refractivity contribution < 1.29 is 4.92 Å². The van der Waals surface area contributed by atoms with Gasteiger partial charge in [-0.15, -0.1) is 0 Å². The number of aromatic nitrogens is 1. The fourth-order valence-electron chi connectivity index (χ4n) is 2.61. The van der Waals surface area contributed by atoms with Gasteiger partial charge in [-0.25, -0.2) is 0 Å². The lowest BCUT2D eigenvalue weighted by Gasteiger charge is -2.07. The summed E-state index contributed by atoms with van der Waals surface area (Å²) in [5.41, 5.74) is 4.59. The number of nitro groups is 1. The van der Waals surface area contributed by atoms with Gasteiger partial charge in [-0.1, -0.05) is 18.2 Å². The minimum absolute atomic E-state index is 0.120. The van der Waals surface area contributed by atoms with Gasteiger partial charge in [0.25, 0.3) is 5.69 Å². The predicted molar refractivity (Wildman–Crippen MR) is 83.3 cm³/mol. The first kappa shape index (κ1) is 13.2. The number of nitrogens with zero attached hydrogens (tertiary/aromatic N) is 2. The maximum atomic E-state index is 11.2. The monoisotopic (exact) mass is 278 g/mol. The highest BCUT2D eigenvalue weighted by Crippen LogP contribution is 2.32. The van der Waals surface area contributed by atoms with E-state index in [0.29, 0.717) is 5.56 Å². The number of rotatable bonds is 2. The molecule has 0 radical (unpaired) electrons. The van der Waals surface area contributed by atoms with Gasteiger partial charge in [0, 0.05) is 17.1 Å². The Morgan fingerprint density at radius 2 is 1.81 bits per heavy atom. The molecule has 0 spiro atoms. The van der Waals surface area contributed by atoms with E-state index in [1.807, 2.05) is 44.2 Å². The molecule has 2 aromatic carbocycles. The van der Waals surface area contributed by atoms with Crippen LogP contribution in [0, 0.1) is 24.0 Å². The second-order valence-corrected chi connectivity index (χ2v) is 5.09. The largest absolute Gasteiger partial charge is 0.277 e. The third-order valence-electron chi connectivity index (χ3n) is 3.56. The second kappa shape index (κ2) is 4.98. The van der Waals surface area contributed by atoms with E-state index in [1.54, 1.807) is 12.1 Å². The average Bonchev–Trinajstić information content (AvgIpc) is 2.47. The van der Waals surface area contributed by atoms with E-state index in [4.69, 9.17) is 0 Å². The van der Waals surface area contributed by atoms with Crippen LogP contribution in [-0.2, 0) is 0 Å². The van der Waals surface area contributed by atoms with E-state index in [2.05, 4.69) is 4.98 Å². The van der Waals surface area contributed by atoms with Crippen molar-refractivity contribution in [2.75, 3.05) is 0 Å². The lowest BCUT2D eigenvalue weighted by atomic mass is 9.99. The van der Waals surface area contributed by atoms with Crippen LogP contribution in [0.5, 0.6) is 0 Å². The Morgan fingerprint density at radius 3 is 2.57 bits per heavy atom. The molecule has 0 N–H and O–H groups in total. The number of nitro benzene ring substituents is 1. The average molecular weight is 278 g/mol. The predicted octanol–water partition coefficient (Wildman–Crippen LogP) is 4.43. The molecule has 0 fully saturated rings. The van der Waals surface area contributed by atoms with Gasteiger partial charge >= 0.3 is 0 Å². The zero-order chi connectivity index (χ0) is 15.0. The Labute approximate surface area is 122 Å². The van der Waals surface area contributed by atoms with Crippen molar-refractivity contribution in [2.24, 2.45) is 0 Å². The summed E-state index contributed by atoms with van der Waals surface area (Å²) in [7, 11) is 0. The molecule has 21 heavy (non-hydrogen) atoms. The number of fused-ring (bicyclic) bond motifs is 1. The Morgan fingerprint density at radius 1 is 1.05 bits per heavy atom. The van der Waals surface area contributed by atoms with Crippen LogP contribution in [0.15, 0.2) is 48.5 Å². The molecule has 3 rings (SSSR count). The normalized spacial score (nSPS) is 10.8. The maximum absolute atomic E-state index is 11.2. The van der Waals surface area contributed by atoms with Crippen LogP contribution in [0.25, 0.3) is 22.0 Å². The molecule has 0 unspecified atom stereocenters. The van der Waals surface area contributed by atoms with E-state index in [0.717, 1.165) is 27.7 Å². The number of aryl methyl sites for hydroxylation is 2. The summed E-state index contributed by atoms with van der Waals surface area (Å²) in [4.78, 5) is 15.3. The first-order valence-corrected chi connectivity index (χ1v) is 6.68. The van der Waals surface area contributed by atoms with Gasteiger partial charge < -0.3 is 0 Å². The summed E-state index contributed by atoms with van der Waals surface area (Å²) in [6.45, 7) is 3.99. The molecule has 104 valence electrons. The molecular weight excluding hydrogens is 264 g/mol. The Kier molecular flexibility index (Phi) is 3.14. The van der Waals surface area contributed by atoms with Crippen molar-refractivity contribution in [3.63, 3.8) is 0 Å². The lowest BCUT2D eigenvalue weighted by Crippen LogP contribution is -1.92. The van der Waals surface area contributed by atoms with Gasteiger partial charge in [-0.05, 0) is 49.2 Å². The van der Waals surface area contributed by atoms with Crippen molar-refractivity contribution in [3.8, 4) is 11.1 Å². The molecule has 0 bridgehead atoms. The number of benzene rings is 2. The summed E-state index contributed by atoms with van der Waals surface area (Å²) in [6, 6.07) is 14.6. The quantitative estimate of drug-likeness (QED) is 0.514. The Balaban J connectivity index is 2.25. The molecule has 3 aromatic rings. The third kappa shape index (κ3) is 2.36. The van der Waals surface area contributed by atoms with Crippen LogP contribution < -0.4 is 0 Å². The van der Waals surface area contributed by atoms with Crippen LogP contribution >= 0.6 is 0 Å². The summed E-state index contributed by atoms with van der Waals surface area (Å²) in [5.74, 6) is 0. The van der Waals surface area contributed by atoms with Gasteiger partial charge in [-0.3, -0.25) is 15.1 Å². The van der Waals surface area contributed by atoms with Gasteiger partial charge in [0.05, 0.1) is 16.0 Å². The van der Waals surface area contributed by atoms with E-state index < -0.39 is 0 Å². The summed E-state index contributed by atoms with van der Waals surface area (Å²) in [6.07, 6.45) is 0. The van der Waals surface area contributed by atoms with E-state index in [-0.39, 0.29) is 10.6 Å². The molecule has 0 saturated carbocycles. The zero-order valence-electron chi connectivity index (χ0n) is 11.8. The first-order chi connectivity index (χ1) is 10.1. The molecule has 1 heterocycles. The molecule has 0 aliphatic carbocycles. The van der Waals surface area contributed by atoms with E-state index in [9.17, 15) is 10.1 Å². The molecule has 1 aromatic heterocycles. The van der Waals surface area contributed by atoms with Crippen molar-refractivity contribution in [1.82, 2.24) is 4.98 Å². The van der Waals surface area contributed by atoms with Crippen molar-refractivity contribution in [3.05, 3.63) is 69.9 Å². The molecule has 0 saturated heterocycles. The Hall–Kier alpha value is -2.75. The fraction of sp³-hybridized carbons (Fsp3) is 0.118.